The summed E-state index contributed by atoms with van der Waals surface area (Å²) in [6, 6.07) is 9.92. The summed E-state index contributed by atoms with van der Waals surface area (Å²) in [5.41, 5.74) is 1.08. The molecule has 0 aromatic heterocycles. The lowest BCUT2D eigenvalue weighted by Crippen LogP contribution is -2.37. The molecule has 1 aromatic carbocycles. The molecule has 66 valence electrons. The molecule has 1 heterocycles. The summed E-state index contributed by atoms with van der Waals surface area (Å²) in [7, 11) is 0. The summed E-state index contributed by atoms with van der Waals surface area (Å²) in [4.78, 5) is 12.8. The number of hydrogen-bond acceptors (Lipinski definition) is 2. The van der Waals surface area contributed by atoms with Crippen molar-refractivity contribution in [1.29, 1.82) is 0 Å². The molecule has 0 spiro atoms. The fourth-order valence-electron chi connectivity index (χ4n) is 1.23. The quantitative estimate of drug-likeness (QED) is 0.691. The van der Waals surface area contributed by atoms with Crippen LogP contribution < -0.4 is 10.2 Å². The zero-order valence-corrected chi connectivity index (χ0v) is 7.10. The first kappa shape index (κ1) is 7.86. The second-order valence-electron chi connectivity index (χ2n) is 2.82. The first-order chi connectivity index (χ1) is 6.36. The highest BCUT2D eigenvalue weighted by Gasteiger charge is 2.08. The third kappa shape index (κ3) is 1.69. The van der Waals surface area contributed by atoms with Crippen LogP contribution in [0.1, 0.15) is 0 Å². The van der Waals surface area contributed by atoms with Crippen molar-refractivity contribution in [2.45, 2.75) is 0 Å². The topological polar surface area (TPSA) is 32.3 Å². The monoisotopic (exact) mass is 174 g/mol. The predicted octanol–water partition coefficient (Wildman–Crippen LogP) is 1.09. The first-order valence-corrected chi connectivity index (χ1v) is 4.14. The highest BCUT2D eigenvalue weighted by Crippen LogP contribution is 2.13. The second-order valence-corrected chi connectivity index (χ2v) is 2.82. The van der Waals surface area contributed by atoms with Crippen LogP contribution >= 0.6 is 0 Å². The van der Waals surface area contributed by atoms with Gasteiger partial charge in [0, 0.05) is 18.0 Å². The van der Waals surface area contributed by atoms with Gasteiger partial charge < -0.3 is 10.2 Å². The van der Waals surface area contributed by atoms with Gasteiger partial charge in [-0.3, -0.25) is 4.79 Å². The summed E-state index contributed by atoms with van der Waals surface area (Å²) in [6.45, 7) is 0.541. The standard InChI is InChI=1S/C10H10N2O/c13-10-6-7-12(8-11-10)9-4-2-1-3-5-9/h1-7H,8H2,(H,11,13). The molecule has 3 nitrogen and oxygen atoms in total. The van der Waals surface area contributed by atoms with Crippen molar-refractivity contribution in [3.05, 3.63) is 42.6 Å². The van der Waals surface area contributed by atoms with Gasteiger partial charge in [0.1, 0.15) is 0 Å². The lowest BCUT2D eigenvalue weighted by Gasteiger charge is -2.23. The number of nitrogens with zero attached hydrogens (tertiary/aromatic N) is 1. The number of benzene rings is 1. The van der Waals surface area contributed by atoms with Crippen molar-refractivity contribution in [1.82, 2.24) is 5.32 Å². The molecule has 0 aliphatic carbocycles. The maximum atomic E-state index is 10.8. The Labute approximate surface area is 76.7 Å². The van der Waals surface area contributed by atoms with E-state index in [0.717, 1.165) is 5.69 Å². The Morgan fingerprint density at radius 1 is 1.23 bits per heavy atom. The molecule has 3 heteroatoms. The molecule has 13 heavy (non-hydrogen) atoms. The van der Waals surface area contributed by atoms with Gasteiger partial charge in [0.15, 0.2) is 0 Å². The highest BCUT2D eigenvalue weighted by molar-refractivity contribution is 5.89. The fraction of sp³-hybridized carbons (Fsp3) is 0.100. The van der Waals surface area contributed by atoms with E-state index in [2.05, 4.69) is 5.32 Å². The lowest BCUT2D eigenvalue weighted by molar-refractivity contribution is -0.116. The summed E-state index contributed by atoms with van der Waals surface area (Å²) >= 11 is 0. The van der Waals surface area contributed by atoms with Gasteiger partial charge in [0.25, 0.3) is 0 Å². The van der Waals surface area contributed by atoms with E-state index in [1.807, 2.05) is 35.2 Å². The van der Waals surface area contributed by atoms with Crippen LogP contribution in [0.2, 0.25) is 0 Å². The molecule has 0 fully saturated rings. The minimum absolute atomic E-state index is 0.0350. The average Bonchev–Trinajstić information content (AvgIpc) is 2.20. The van der Waals surface area contributed by atoms with Crippen molar-refractivity contribution in [3.63, 3.8) is 0 Å². The third-order valence-electron chi connectivity index (χ3n) is 1.92. The van der Waals surface area contributed by atoms with Crippen LogP contribution in [-0.4, -0.2) is 12.6 Å². The van der Waals surface area contributed by atoms with E-state index >= 15 is 0 Å². The summed E-state index contributed by atoms with van der Waals surface area (Å²) in [6.07, 6.45) is 3.31. The number of carbonyl (C=O) groups excluding carboxylic acids is 1. The minimum atomic E-state index is -0.0350. The van der Waals surface area contributed by atoms with Crippen LogP contribution in [0, 0.1) is 0 Å². The average molecular weight is 174 g/mol. The van der Waals surface area contributed by atoms with Crippen molar-refractivity contribution in [2.75, 3.05) is 11.6 Å². The van der Waals surface area contributed by atoms with Crippen molar-refractivity contribution in [2.24, 2.45) is 0 Å². The molecule has 1 amide bonds. The zero-order valence-electron chi connectivity index (χ0n) is 7.10. The molecule has 1 aliphatic rings. The molecule has 0 radical (unpaired) electrons. The van der Waals surface area contributed by atoms with Gasteiger partial charge in [-0.15, -0.1) is 0 Å². The largest absolute Gasteiger partial charge is 0.335 e. The van der Waals surface area contributed by atoms with Crippen LogP contribution in [0.25, 0.3) is 0 Å². The van der Waals surface area contributed by atoms with Gasteiger partial charge in [-0.2, -0.15) is 0 Å². The van der Waals surface area contributed by atoms with E-state index in [9.17, 15) is 4.79 Å². The Morgan fingerprint density at radius 2 is 2.00 bits per heavy atom. The number of nitrogens with one attached hydrogen (secondary N) is 1. The predicted molar refractivity (Wildman–Crippen MR) is 51.1 cm³/mol. The number of carbonyl (C=O) groups is 1. The molecule has 0 saturated carbocycles. The molecule has 0 saturated heterocycles. The molecule has 2 rings (SSSR count). The van der Waals surface area contributed by atoms with Gasteiger partial charge in [0.2, 0.25) is 5.91 Å². The molecule has 1 aromatic rings. The number of hydrogen-bond donors (Lipinski definition) is 1. The van der Waals surface area contributed by atoms with E-state index in [1.54, 1.807) is 6.20 Å². The number of amides is 1. The van der Waals surface area contributed by atoms with Crippen LogP contribution in [0.5, 0.6) is 0 Å². The Morgan fingerprint density at radius 3 is 2.62 bits per heavy atom. The minimum Gasteiger partial charge on any atom is -0.335 e. The summed E-state index contributed by atoms with van der Waals surface area (Å²) in [5.74, 6) is -0.0350. The first-order valence-electron chi connectivity index (χ1n) is 4.14. The molecule has 1 N–H and O–H groups in total. The van der Waals surface area contributed by atoms with E-state index in [0.29, 0.717) is 6.67 Å². The van der Waals surface area contributed by atoms with Crippen molar-refractivity contribution in [3.8, 4) is 0 Å². The molecule has 0 atom stereocenters. The summed E-state index contributed by atoms with van der Waals surface area (Å²) in [5, 5.41) is 2.73. The number of para-hydroxylation sites is 1. The van der Waals surface area contributed by atoms with Crippen LogP contribution in [0.15, 0.2) is 42.6 Å². The molecule has 1 aliphatic heterocycles. The number of rotatable bonds is 1. The van der Waals surface area contributed by atoms with E-state index < -0.39 is 0 Å². The van der Waals surface area contributed by atoms with Gasteiger partial charge in [0.05, 0.1) is 6.67 Å². The van der Waals surface area contributed by atoms with E-state index in [-0.39, 0.29) is 5.91 Å². The third-order valence-corrected chi connectivity index (χ3v) is 1.92. The smallest absolute Gasteiger partial charge is 0.246 e. The fourth-order valence-corrected chi connectivity index (χ4v) is 1.23. The number of anilines is 1. The Kier molecular flexibility index (Phi) is 2.00. The van der Waals surface area contributed by atoms with Gasteiger partial charge in [-0.25, -0.2) is 0 Å². The molecular weight excluding hydrogens is 164 g/mol. The Bertz CT molecular complexity index is 332. The van der Waals surface area contributed by atoms with Gasteiger partial charge in [-0.05, 0) is 12.1 Å². The molecule has 0 unspecified atom stereocenters. The Balaban J connectivity index is 2.20. The van der Waals surface area contributed by atoms with Crippen LogP contribution in [0.4, 0.5) is 5.69 Å². The van der Waals surface area contributed by atoms with Gasteiger partial charge in [-0.1, -0.05) is 18.2 Å². The molecule has 0 bridgehead atoms. The van der Waals surface area contributed by atoms with E-state index in [4.69, 9.17) is 0 Å². The SMILES string of the molecule is O=C1C=CN(c2ccccc2)CN1. The molecular formula is C10H10N2O. The maximum absolute atomic E-state index is 10.8. The van der Waals surface area contributed by atoms with Crippen molar-refractivity contribution < 1.29 is 4.79 Å². The van der Waals surface area contributed by atoms with Crippen molar-refractivity contribution >= 4 is 11.6 Å². The van der Waals surface area contributed by atoms with E-state index in [1.165, 1.54) is 6.08 Å². The maximum Gasteiger partial charge on any atom is 0.246 e. The second kappa shape index (κ2) is 3.31. The van der Waals surface area contributed by atoms with Crippen LogP contribution in [-0.2, 0) is 4.79 Å². The normalized spacial score (nSPS) is 15.7. The van der Waals surface area contributed by atoms with Crippen LogP contribution in [0.3, 0.4) is 0 Å². The lowest BCUT2D eigenvalue weighted by atomic mass is 10.3. The van der Waals surface area contributed by atoms with Gasteiger partial charge >= 0.3 is 0 Å². The summed E-state index contributed by atoms with van der Waals surface area (Å²) < 4.78 is 0. The highest BCUT2D eigenvalue weighted by atomic mass is 16.1. The zero-order chi connectivity index (χ0) is 9.10. The Hall–Kier alpha value is -1.77.